The smallest absolute Gasteiger partial charge is 0.335 e. The molecule has 0 aliphatic carbocycles. The molecule has 0 heterocycles. The maximum atomic E-state index is 10.9. The largest absolute Gasteiger partial charge is 0.478 e. The fourth-order valence-corrected chi connectivity index (χ4v) is 1.43. The summed E-state index contributed by atoms with van der Waals surface area (Å²) in [6.45, 7) is 10.1. The molecule has 0 aliphatic heterocycles. The van der Waals surface area contributed by atoms with E-state index < -0.39 is 5.97 Å². The van der Waals surface area contributed by atoms with Crippen LogP contribution in [0.15, 0.2) is 30.4 Å². The van der Waals surface area contributed by atoms with Gasteiger partial charge in [0.2, 0.25) is 0 Å². The first kappa shape index (κ1) is 13.2. The normalized spacial score (nSPS) is 11.6. The molecule has 1 aromatic carbocycles. The molecule has 0 amide bonds. The summed E-state index contributed by atoms with van der Waals surface area (Å²) in [4.78, 5) is 10.9. The second-order valence-electron chi connectivity index (χ2n) is 4.40. The molecule has 0 radical (unpaired) electrons. The van der Waals surface area contributed by atoms with Gasteiger partial charge in [0.15, 0.2) is 0 Å². The van der Waals surface area contributed by atoms with Crippen molar-refractivity contribution in [3.05, 3.63) is 47.0 Å². The Hall–Kier alpha value is -1.83. The Balaban J connectivity index is 3.22. The van der Waals surface area contributed by atoms with E-state index in [-0.39, 0.29) is 0 Å². The molecule has 0 bridgehead atoms. The van der Waals surface area contributed by atoms with Crippen LogP contribution in [0.5, 0.6) is 0 Å². The van der Waals surface area contributed by atoms with Gasteiger partial charge in [-0.1, -0.05) is 44.2 Å². The van der Waals surface area contributed by atoms with Gasteiger partial charge in [0.05, 0.1) is 5.56 Å². The van der Waals surface area contributed by atoms with E-state index in [0.29, 0.717) is 11.5 Å². The van der Waals surface area contributed by atoms with Crippen LogP contribution in [0.3, 0.4) is 0 Å². The predicted octanol–water partition coefficient (Wildman–Crippen LogP) is 4.09. The van der Waals surface area contributed by atoms with Crippen LogP contribution in [0.2, 0.25) is 0 Å². The van der Waals surface area contributed by atoms with E-state index in [1.165, 1.54) is 5.57 Å². The van der Waals surface area contributed by atoms with Crippen molar-refractivity contribution in [3.8, 4) is 0 Å². The number of carboxylic acids is 1. The van der Waals surface area contributed by atoms with E-state index in [4.69, 9.17) is 5.11 Å². The first-order valence-corrected chi connectivity index (χ1v) is 5.63. The van der Waals surface area contributed by atoms with Crippen molar-refractivity contribution in [2.75, 3.05) is 0 Å². The second-order valence-corrected chi connectivity index (χ2v) is 4.40. The van der Waals surface area contributed by atoms with Crippen molar-refractivity contribution in [1.82, 2.24) is 0 Å². The van der Waals surface area contributed by atoms with Crippen LogP contribution in [-0.4, -0.2) is 11.1 Å². The molecule has 0 saturated heterocycles. The van der Waals surface area contributed by atoms with Gasteiger partial charge in [-0.3, -0.25) is 0 Å². The predicted molar refractivity (Wildman–Crippen MR) is 72.0 cm³/mol. The highest BCUT2D eigenvalue weighted by molar-refractivity contribution is 5.89. The third-order valence-corrected chi connectivity index (χ3v) is 2.85. The van der Waals surface area contributed by atoms with Gasteiger partial charge >= 0.3 is 5.97 Å². The van der Waals surface area contributed by atoms with E-state index in [1.807, 2.05) is 6.07 Å². The first-order valence-electron chi connectivity index (χ1n) is 5.63. The van der Waals surface area contributed by atoms with Crippen molar-refractivity contribution >= 4 is 18.1 Å². The number of carbonyl (C=O) groups is 1. The second kappa shape index (κ2) is 5.48. The number of aromatic carboxylic acids is 1. The van der Waals surface area contributed by atoms with Crippen LogP contribution in [0.4, 0.5) is 0 Å². The zero-order chi connectivity index (χ0) is 13.0. The highest BCUT2D eigenvalue weighted by atomic mass is 16.4. The SMILES string of the molecule is C=Cc1cc(C(=O)O)ccc1/C=C(\C)C(C)C. The van der Waals surface area contributed by atoms with Gasteiger partial charge < -0.3 is 5.11 Å². The quantitative estimate of drug-likeness (QED) is 0.846. The summed E-state index contributed by atoms with van der Waals surface area (Å²) in [6.07, 6.45) is 3.76. The molecule has 1 aromatic rings. The number of carboxylic acid groups (broad SMARTS) is 1. The van der Waals surface area contributed by atoms with Crippen LogP contribution in [0.1, 0.15) is 42.3 Å². The Kier molecular flexibility index (Phi) is 4.27. The van der Waals surface area contributed by atoms with Crippen molar-refractivity contribution in [3.63, 3.8) is 0 Å². The third-order valence-electron chi connectivity index (χ3n) is 2.85. The molecule has 90 valence electrons. The third kappa shape index (κ3) is 3.31. The minimum atomic E-state index is -0.913. The Morgan fingerprint density at radius 3 is 2.47 bits per heavy atom. The highest BCUT2D eigenvalue weighted by Crippen LogP contribution is 2.19. The summed E-state index contributed by atoms with van der Waals surface area (Å²) in [5.41, 5.74) is 3.41. The van der Waals surface area contributed by atoms with Crippen molar-refractivity contribution in [2.45, 2.75) is 20.8 Å². The minimum Gasteiger partial charge on any atom is -0.478 e. The molecule has 0 unspecified atom stereocenters. The van der Waals surface area contributed by atoms with Gasteiger partial charge in [0.25, 0.3) is 0 Å². The number of hydrogen-bond acceptors (Lipinski definition) is 1. The molecule has 0 saturated carbocycles. The number of rotatable bonds is 4. The average Bonchev–Trinajstić information content (AvgIpc) is 2.28. The molecular weight excluding hydrogens is 212 g/mol. The van der Waals surface area contributed by atoms with Crippen LogP contribution in [0.25, 0.3) is 12.2 Å². The highest BCUT2D eigenvalue weighted by Gasteiger charge is 2.06. The standard InChI is InChI=1S/C15H18O2/c1-5-12-9-14(15(16)17)7-6-13(12)8-11(4)10(2)3/h5-10H,1H2,2-4H3,(H,16,17)/b11-8+. The average molecular weight is 230 g/mol. The summed E-state index contributed by atoms with van der Waals surface area (Å²) in [6, 6.07) is 5.09. The summed E-state index contributed by atoms with van der Waals surface area (Å²) in [7, 11) is 0. The van der Waals surface area contributed by atoms with Gasteiger partial charge in [-0.2, -0.15) is 0 Å². The Morgan fingerprint density at radius 1 is 1.35 bits per heavy atom. The van der Waals surface area contributed by atoms with Crippen LogP contribution >= 0.6 is 0 Å². The number of benzene rings is 1. The maximum Gasteiger partial charge on any atom is 0.335 e. The molecule has 0 aliphatic rings. The molecule has 0 fully saturated rings. The van der Waals surface area contributed by atoms with Gasteiger partial charge in [0.1, 0.15) is 0 Å². The lowest BCUT2D eigenvalue weighted by molar-refractivity contribution is 0.0697. The molecule has 17 heavy (non-hydrogen) atoms. The fraction of sp³-hybridized carbons (Fsp3) is 0.267. The van der Waals surface area contributed by atoms with E-state index in [1.54, 1.807) is 18.2 Å². The Bertz CT molecular complexity index is 468. The van der Waals surface area contributed by atoms with E-state index in [2.05, 4.69) is 33.4 Å². The lowest BCUT2D eigenvalue weighted by Crippen LogP contribution is -1.97. The molecule has 0 atom stereocenters. The minimum absolute atomic E-state index is 0.291. The molecular formula is C15H18O2. The molecule has 0 spiro atoms. The molecule has 2 heteroatoms. The van der Waals surface area contributed by atoms with Crippen LogP contribution < -0.4 is 0 Å². The summed E-state index contributed by atoms with van der Waals surface area (Å²) in [5.74, 6) is -0.434. The number of allylic oxidation sites excluding steroid dienone is 1. The van der Waals surface area contributed by atoms with Gasteiger partial charge in [-0.25, -0.2) is 4.79 Å². The molecule has 1 rings (SSSR count). The van der Waals surface area contributed by atoms with Crippen molar-refractivity contribution in [1.29, 1.82) is 0 Å². The van der Waals surface area contributed by atoms with Crippen molar-refractivity contribution < 1.29 is 9.90 Å². The zero-order valence-electron chi connectivity index (χ0n) is 10.5. The van der Waals surface area contributed by atoms with E-state index in [0.717, 1.165) is 11.1 Å². The zero-order valence-corrected chi connectivity index (χ0v) is 10.5. The summed E-state index contributed by atoms with van der Waals surface area (Å²) < 4.78 is 0. The molecule has 0 aromatic heterocycles. The first-order chi connectivity index (χ1) is 7.95. The lowest BCUT2D eigenvalue weighted by atomic mass is 9.98. The summed E-state index contributed by atoms with van der Waals surface area (Å²) in [5, 5.41) is 8.92. The monoisotopic (exact) mass is 230 g/mol. The Labute approximate surface area is 102 Å². The van der Waals surface area contributed by atoms with E-state index >= 15 is 0 Å². The Morgan fingerprint density at radius 2 is 2.00 bits per heavy atom. The fourth-order valence-electron chi connectivity index (χ4n) is 1.43. The van der Waals surface area contributed by atoms with Gasteiger partial charge in [0, 0.05) is 0 Å². The maximum absolute atomic E-state index is 10.9. The van der Waals surface area contributed by atoms with E-state index in [9.17, 15) is 4.79 Å². The lowest BCUT2D eigenvalue weighted by Gasteiger charge is -2.08. The molecule has 1 N–H and O–H groups in total. The molecule has 2 nitrogen and oxygen atoms in total. The van der Waals surface area contributed by atoms with Gasteiger partial charge in [-0.15, -0.1) is 0 Å². The summed E-state index contributed by atoms with van der Waals surface area (Å²) >= 11 is 0. The number of hydrogen-bond donors (Lipinski definition) is 1. The topological polar surface area (TPSA) is 37.3 Å². The van der Waals surface area contributed by atoms with Crippen molar-refractivity contribution in [2.24, 2.45) is 5.92 Å². The van der Waals surface area contributed by atoms with Crippen LogP contribution in [0, 0.1) is 5.92 Å². The van der Waals surface area contributed by atoms with Crippen LogP contribution in [-0.2, 0) is 0 Å². The van der Waals surface area contributed by atoms with Gasteiger partial charge in [-0.05, 0) is 36.1 Å².